The molecule has 98 valence electrons. The van der Waals surface area contributed by atoms with E-state index in [4.69, 9.17) is 31.5 Å². The maximum Gasteiger partial charge on any atom is 0.164 e. The Morgan fingerprint density at radius 2 is 1.88 bits per heavy atom. The highest BCUT2D eigenvalue weighted by atomic mass is 35.5. The molecule has 0 aliphatic carbocycles. The van der Waals surface area contributed by atoms with Gasteiger partial charge in [0.05, 0.1) is 39.6 Å². The summed E-state index contributed by atoms with van der Waals surface area (Å²) in [6.45, 7) is 3.47. The SMILES string of the molecule is COCCOCCOCCn1cc(Cl)c(N)n1. The van der Waals surface area contributed by atoms with Gasteiger partial charge in [-0.1, -0.05) is 11.6 Å². The first-order chi connectivity index (χ1) is 8.24. The van der Waals surface area contributed by atoms with E-state index >= 15 is 0 Å². The number of nitrogens with two attached hydrogens (primary N) is 1. The predicted octanol–water partition coefficient (Wildman–Crippen LogP) is 0.798. The van der Waals surface area contributed by atoms with Crippen LogP contribution in [0.2, 0.25) is 5.02 Å². The number of hydrogen-bond acceptors (Lipinski definition) is 5. The Morgan fingerprint density at radius 3 is 2.47 bits per heavy atom. The number of halogens is 1. The lowest BCUT2D eigenvalue weighted by atomic mass is 10.6. The Hall–Kier alpha value is -0.820. The molecule has 6 nitrogen and oxygen atoms in total. The largest absolute Gasteiger partial charge is 0.382 e. The smallest absolute Gasteiger partial charge is 0.164 e. The second-order valence-corrected chi connectivity index (χ2v) is 3.75. The molecule has 0 aromatic carbocycles. The first kappa shape index (κ1) is 14.2. The summed E-state index contributed by atoms with van der Waals surface area (Å²) < 4.78 is 17.1. The molecular formula is C10H18ClN3O3. The van der Waals surface area contributed by atoms with Crippen LogP contribution in [-0.2, 0) is 20.8 Å². The van der Waals surface area contributed by atoms with E-state index in [9.17, 15) is 0 Å². The molecule has 1 rings (SSSR count). The summed E-state index contributed by atoms with van der Waals surface area (Å²) in [6, 6.07) is 0. The zero-order valence-corrected chi connectivity index (χ0v) is 10.7. The van der Waals surface area contributed by atoms with Crippen molar-refractivity contribution in [2.45, 2.75) is 6.54 Å². The van der Waals surface area contributed by atoms with Crippen LogP contribution >= 0.6 is 11.6 Å². The van der Waals surface area contributed by atoms with Gasteiger partial charge in [0.1, 0.15) is 5.02 Å². The third-order valence-electron chi connectivity index (χ3n) is 2.01. The highest BCUT2D eigenvalue weighted by molar-refractivity contribution is 6.32. The van der Waals surface area contributed by atoms with E-state index in [1.165, 1.54) is 0 Å². The van der Waals surface area contributed by atoms with Gasteiger partial charge < -0.3 is 19.9 Å². The molecule has 0 saturated heterocycles. The molecule has 7 heteroatoms. The van der Waals surface area contributed by atoms with E-state index in [0.717, 1.165) is 0 Å². The predicted molar refractivity (Wildman–Crippen MR) is 65.2 cm³/mol. The Balaban J connectivity index is 1.97. The molecular weight excluding hydrogens is 246 g/mol. The molecule has 0 aliphatic rings. The van der Waals surface area contributed by atoms with Gasteiger partial charge in [-0.3, -0.25) is 4.68 Å². The summed E-state index contributed by atoms with van der Waals surface area (Å²) in [7, 11) is 1.64. The molecule has 17 heavy (non-hydrogen) atoms. The molecule has 2 N–H and O–H groups in total. The molecule has 0 aliphatic heterocycles. The van der Waals surface area contributed by atoms with Crippen LogP contribution in [0.1, 0.15) is 0 Å². The van der Waals surface area contributed by atoms with Gasteiger partial charge >= 0.3 is 0 Å². The van der Waals surface area contributed by atoms with Crippen molar-refractivity contribution in [1.29, 1.82) is 0 Å². The van der Waals surface area contributed by atoms with Crippen molar-refractivity contribution in [3.05, 3.63) is 11.2 Å². The van der Waals surface area contributed by atoms with Crippen molar-refractivity contribution >= 4 is 17.4 Å². The van der Waals surface area contributed by atoms with Crippen LogP contribution < -0.4 is 5.73 Å². The number of aromatic nitrogens is 2. The first-order valence-electron chi connectivity index (χ1n) is 5.37. The monoisotopic (exact) mass is 263 g/mol. The maximum atomic E-state index is 5.76. The molecule has 1 aromatic heterocycles. The fraction of sp³-hybridized carbons (Fsp3) is 0.700. The molecule has 0 spiro atoms. The van der Waals surface area contributed by atoms with Crippen LogP contribution in [0.4, 0.5) is 5.82 Å². The molecule has 1 aromatic rings. The Morgan fingerprint density at radius 1 is 1.24 bits per heavy atom. The van der Waals surface area contributed by atoms with Gasteiger partial charge in [0.25, 0.3) is 0 Å². The zero-order valence-electron chi connectivity index (χ0n) is 9.89. The van der Waals surface area contributed by atoms with Crippen molar-refractivity contribution < 1.29 is 14.2 Å². The van der Waals surface area contributed by atoms with E-state index in [1.807, 2.05) is 0 Å². The van der Waals surface area contributed by atoms with Crippen molar-refractivity contribution in [3.8, 4) is 0 Å². The molecule has 0 bridgehead atoms. The van der Waals surface area contributed by atoms with E-state index < -0.39 is 0 Å². The van der Waals surface area contributed by atoms with Crippen LogP contribution in [0.15, 0.2) is 6.20 Å². The van der Waals surface area contributed by atoms with Gasteiger partial charge in [0, 0.05) is 13.3 Å². The number of methoxy groups -OCH3 is 1. The maximum absolute atomic E-state index is 5.76. The van der Waals surface area contributed by atoms with Crippen LogP contribution in [-0.4, -0.2) is 49.9 Å². The molecule has 0 amide bonds. The second kappa shape index (κ2) is 8.30. The molecule has 0 saturated carbocycles. The number of ether oxygens (including phenoxy) is 3. The fourth-order valence-electron chi connectivity index (χ4n) is 1.15. The third kappa shape index (κ3) is 5.88. The average molecular weight is 264 g/mol. The van der Waals surface area contributed by atoms with Crippen molar-refractivity contribution in [1.82, 2.24) is 9.78 Å². The van der Waals surface area contributed by atoms with Crippen molar-refractivity contribution in [2.24, 2.45) is 0 Å². The van der Waals surface area contributed by atoms with Gasteiger partial charge in [-0.25, -0.2) is 0 Å². The lowest BCUT2D eigenvalue weighted by Crippen LogP contribution is -2.12. The lowest BCUT2D eigenvalue weighted by molar-refractivity contribution is 0.0225. The second-order valence-electron chi connectivity index (χ2n) is 3.34. The molecule has 0 unspecified atom stereocenters. The molecule has 0 fully saturated rings. The van der Waals surface area contributed by atoms with E-state index in [0.29, 0.717) is 50.4 Å². The summed E-state index contributed by atoms with van der Waals surface area (Å²) in [5.74, 6) is 0.342. The molecule has 1 heterocycles. The Labute approximate surface area is 106 Å². The van der Waals surface area contributed by atoms with Gasteiger partial charge in [-0.15, -0.1) is 0 Å². The normalized spacial score (nSPS) is 10.9. The van der Waals surface area contributed by atoms with Crippen LogP contribution in [0.5, 0.6) is 0 Å². The minimum absolute atomic E-state index is 0.342. The zero-order chi connectivity index (χ0) is 12.5. The van der Waals surface area contributed by atoms with E-state index in [-0.39, 0.29) is 0 Å². The number of anilines is 1. The van der Waals surface area contributed by atoms with E-state index in [2.05, 4.69) is 5.10 Å². The van der Waals surface area contributed by atoms with Crippen LogP contribution in [0.3, 0.4) is 0 Å². The number of nitrogen functional groups attached to an aromatic ring is 1. The standard InChI is InChI=1S/C10H18ClN3O3/c1-15-4-5-17-7-6-16-3-2-14-8-9(11)10(12)13-14/h8H,2-7H2,1H3,(H2,12,13). The van der Waals surface area contributed by atoms with Crippen LogP contribution in [0, 0.1) is 0 Å². The van der Waals surface area contributed by atoms with Crippen LogP contribution in [0.25, 0.3) is 0 Å². The minimum Gasteiger partial charge on any atom is -0.382 e. The van der Waals surface area contributed by atoms with Crippen molar-refractivity contribution in [3.63, 3.8) is 0 Å². The summed E-state index contributed by atoms with van der Waals surface area (Å²) in [5.41, 5.74) is 5.50. The quantitative estimate of drug-likeness (QED) is 0.667. The average Bonchev–Trinajstić information content (AvgIpc) is 2.62. The summed E-state index contributed by atoms with van der Waals surface area (Å²) in [4.78, 5) is 0. The van der Waals surface area contributed by atoms with Gasteiger partial charge in [0.2, 0.25) is 0 Å². The minimum atomic E-state index is 0.342. The number of hydrogen-bond donors (Lipinski definition) is 1. The number of nitrogens with zero attached hydrogens (tertiary/aromatic N) is 2. The Kier molecular flexibility index (Phi) is 6.95. The lowest BCUT2D eigenvalue weighted by Gasteiger charge is -2.05. The summed E-state index contributed by atoms with van der Waals surface area (Å²) >= 11 is 5.76. The molecule has 0 atom stereocenters. The summed E-state index contributed by atoms with van der Waals surface area (Å²) in [5, 5.41) is 4.47. The summed E-state index contributed by atoms with van der Waals surface area (Å²) in [6.07, 6.45) is 1.68. The van der Waals surface area contributed by atoms with Gasteiger partial charge in [-0.05, 0) is 0 Å². The number of rotatable bonds is 9. The fourth-order valence-corrected chi connectivity index (χ4v) is 1.30. The van der Waals surface area contributed by atoms with Crippen molar-refractivity contribution in [2.75, 3.05) is 45.9 Å². The topological polar surface area (TPSA) is 71.5 Å². The Bertz CT molecular complexity index is 300. The highest BCUT2D eigenvalue weighted by Gasteiger charge is 2.01. The first-order valence-corrected chi connectivity index (χ1v) is 5.74. The van der Waals surface area contributed by atoms with E-state index in [1.54, 1.807) is 18.0 Å². The third-order valence-corrected chi connectivity index (χ3v) is 2.30. The van der Waals surface area contributed by atoms with Gasteiger partial charge in [0.15, 0.2) is 5.82 Å². The highest BCUT2D eigenvalue weighted by Crippen LogP contribution is 2.14. The molecule has 0 radical (unpaired) electrons. The van der Waals surface area contributed by atoms with Gasteiger partial charge in [-0.2, -0.15) is 5.10 Å².